The van der Waals surface area contributed by atoms with Crippen LogP contribution in [-0.2, 0) is 28.4 Å². The van der Waals surface area contributed by atoms with E-state index in [1.165, 1.54) is 19.1 Å². The summed E-state index contributed by atoms with van der Waals surface area (Å²) in [5.74, 6) is -0.204. The molecule has 3 aromatic rings. The first-order valence-corrected chi connectivity index (χ1v) is 9.25. The van der Waals surface area contributed by atoms with E-state index in [-0.39, 0.29) is 17.3 Å². The summed E-state index contributed by atoms with van der Waals surface area (Å²) in [5, 5.41) is 3.63. The second-order valence-electron chi connectivity index (χ2n) is 5.81. The standard InChI is InChI=1S/C18H19N3O3S/c1-13(22)20-15-7-9-16(10-8-15)25(23,24)19-11-14-12-21(2)18-6-4-3-5-17(14)18/h3-10,12,19H,11H2,1-2H3,(H,20,22). The summed E-state index contributed by atoms with van der Waals surface area (Å²) < 4.78 is 29.6. The van der Waals surface area contributed by atoms with Gasteiger partial charge in [-0.15, -0.1) is 0 Å². The molecule has 1 heterocycles. The normalized spacial score (nSPS) is 11.6. The number of aryl methyl sites for hydroxylation is 1. The second kappa shape index (κ2) is 6.70. The molecule has 0 aliphatic carbocycles. The number of rotatable bonds is 5. The van der Waals surface area contributed by atoms with Crippen LogP contribution in [0.1, 0.15) is 12.5 Å². The first-order valence-electron chi connectivity index (χ1n) is 7.77. The van der Waals surface area contributed by atoms with Gasteiger partial charge in [-0.05, 0) is 35.9 Å². The first kappa shape index (κ1) is 17.2. The van der Waals surface area contributed by atoms with Crippen molar-refractivity contribution in [2.75, 3.05) is 5.32 Å². The zero-order chi connectivity index (χ0) is 18.0. The van der Waals surface area contributed by atoms with Crippen LogP contribution < -0.4 is 10.0 Å². The van der Waals surface area contributed by atoms with Gasteiger partial charge in [0.25, 0.3) is 0 Å². The van der Waals surface area contributed by atoms with E-state index in [0.717, 1.165) is 16.5 Å². The van der Waals surface area contributed by atoms with Crippen molar-refractivity contribution in [3.63, 3.8) is 0 Å². The summed E-state index contributed by atoms with van der Waals surface area (Å²) in [6.07, 6.45) is 1.92. The molecule has 1 aromatic heterocycles. The van der Waals surface area contributed by atoms with E-state index in [1.807, 2.05) is 42.1 Å². The number of amides is 1. The molecule has 2 aromatic carbocycles. The third-order valence-electron chi connectivity index (χ3n) is 3.92. The Bertz CT molecular complexity index is 1020. The summed E-state index contributed by atoms with van der Waals surface area (Å²) in [7, 11) is -1.70. The molecule has 0 spiro atoms. The van der Waals surface area contributed by atoms with Gasteiger partial charge in [-0.25, -0.2) is 13.1 Å². The molecule has 0 unspecified atom stereocenters. The van der Waals surface area contributed by atoms with E-state index in [9.17, 15) is 13.2 Å². The number of hydrogen-bond donors (Lipinski definition) is 2. The highest BCUT2D eigenvalue weighted by molar-refractivity contribution is 7.89. The van der Waals surface area contributed by atoms with E-state index >= 15 is 0 Å². The molecule has 0 aliphatic heterocycles. The number of para-hydroxylation sites is 1. The predicted octanol–water partition coefficient (Wildman–Crippen LogP) is 2.62. The Balaban J connectivity index is 1.78. The van der Waals surface area contributed by atoms with Crippen LogP contribution in [0.4, 0.5) is 5.69 Å². The number of nitrogens with one attached hydrogen (secondary N) is 2. The lowest BCUT2D eigenvalue weighted by molar-refractivity contribution is -0.114. The average molecular weight is 357 g/mol. The molecule has 1 amide bonds. The number of fused-ring (bicyclic) bond motifs is 1. The number of anilines is 1. The summed E-state index contributed by atoms with van der Waals surface area (Å²) in [4.78, 5) is 11.2. The second-order valence-corrected chi connectivity index (χ2v) is 7.58. The number of hydrogen-bond acceptors (Lipinski definition) is 3. The van der Waals surface area contributed by atoms with Gasteiger partial charge in [0.1, 0.15) is 0 Å². The minimum atomic E-state index is -3.64. The Morgan fingerprint density at radius 3 is 2.44 bits per heavy atom. The molecular weight excluding hydrogens is 338 g/mol. The number of aromatic nitrogens is 1. The molecule has 6 nitrogen and oxygen atoms in total. The maximum absolute atomic E-state index is 12.5. The molecule has 7 heteroatoms. The number of carbonyl (C=O) groups excluding carboxylic acids is 1. The highest BCUT2D eigenvalue weighted by Crippen LogP contribution is 2.21. The van der Waals surface area contributed by atoms with Crippen LogP contribution in [0, 0.1) is 0 Å². The van der Waals surface area contributed by atoms with Crippen molar-refractivity contribution in [2.45, 2.75) is 18.4 Å². The fourth-order valence-electron chi connectivity index (χ4n) is 2.74. The van der Waals surface area contributed by atoms with Gasteiger partial charge in [-0.3, -0.25) is 4.79 Å². The molecule has 0 aliphatic rings. The molecule has 0 saturated carbocycles. The Hall–Kier alpha value is -2.64. The lowest BCUT2D eigenvalue weighted by atomic mass is 10.2. The monoisotopic (exact) mass is 357 g/mol. The van der Waals surface area contributed by atoms with Gasteiger partial charge in [-0.2, -0.15) is 0 Å². The van der Waals surface area contributed by atoms with Crippen molar-refractivity contribution >= 4 is 32.5 Å². The highest BCUT2D eigenvalue weighted by Gasteiger charge is 2.15. The fourth-order valence-corrected chi connectivity index (χ4v) is 3.75. The van der Waals surface area contributed by atoms with E-state index in [2.05, 4.69) is 10.0 Å². The molecule has 130 valence electrons. The number of benzene rings is 2. The van der Waals surface area contributed by atoms with Crippen LogP contribution in [0.5, 0.6) is 0 Å². The first-order chi connectivity index (χ1) is 11.9. The summed E-state index contributed by atoms with van der Waals surface area (Å²) in [6, 6.07) is 13.9. The Morgan fingerprint density at radius 2 is 1.76 bits per heavy atom. The highest BCUT2D eigenvalue weighted by atomic mass is 32.2. The van der Waals surface area contributed by atoms with Crippen molar-refractivity contribution in [3.05, 3.63) is 60.3 Å². The lowest BCUT2D eigenvalue weighted by Crippen LogP contribution is -2.23. The quantitative estimate of drug-likeness (QED) is 0.737. The van der Waals surface area contributed by atoms with Crippen LogP contribution in [0.3, 0.4) is 0 Å². The van der Waals surface area contributed by atoms with Crippen LogP contribution >= 0.6 is 0 Å². The smallest absolute Gasteiger partial charge is 0.240 e. The van der Waals surface area contributed by atoms with Crippen molar-refractivity contribution in [3.8, 4) is 0 Å². The maximum Gasteiger partial charge on any atom is 0.240 e. The van der Waals surface area contributed by atoms with E-state index < -0.39 is 10.0 Å². The Morgan fingerprint density at radius 1 is 1.08 bits per heavy atom. The van der Waals surface area contributed by atoms with Gasteiger partial charge in [0, 0.05) is 43.3 Å². The number of carbonyl (C=O) groups is 1. The summed E-state index contributed by atoms with van der Waals surface area (Å²) >= 11 is 0. The van der Waals surface area contributed by atoms with Crippen LogP contribution in [-0.4, -0.2) is 18.9 Å². The topological polar surface area (TPSA) is 80.2 Å². The van der Waals surface area contributed by atoms with Gasteiger partial charge in [0.05, 0.1) is 4.90 Å². The number of nitrogens with zero attached hydrogens (tertiary/aromatic N) is 1. The van der Waals surface area contributed by atoms with E-state index in [1.54, 1.807) is 12.1 Å². The predicted molar refractivity (Wildman–Crippen MR) is 97.7 cm³/mol. The van der Waals surface area contributed by atoms with Crippen LogP contribution in [0.2, 0.25) is 0 Å². The third-order valence-corrected chi connectivity index (χ3v) is 5.33. The molecule has 0 bridgehead atoms. The SMILES string of the molecule is CC(=O)Nc1ccc(S(=O)(=O)NCc2cn(C)c3ccccc23)cc1. The van der Waals surface area contributed by atoms with Gasteiger partial charge in [-0.1, -0.05) is 18.2 Å². The molecule has 0 radical (unpaired) electrons. The zero-order valence-electron chi connectivity index (χ0n) is 14.0. The van der Waals surface area contributed by atoms with Crippen molar-refractivity contribution in [1.82, 2.24) is 9.29 Å². The fraction of sp³-hybridized carbons (Fsp3) is 0.167. The molecule has 0 saturated heterocycles. The summed E-state index contributed by atoms with van der Waals surface area (Å²) in [5.41, 5.74) is 2.52. The molecule has 0 fully saturated rings. The molecular formula is C18H19N3O3S. The molecule has 0 atom stereocenters. The van der Waals surface area contributed by atoms with E-state index in [4.69, 9.17) is 0 Å². The summed E-state index contributed by atoms with van der Waals surface area (Å²) in [6.45, 7) is 1.60. The molecule has 2 N–H and O–H groups in total. The number of sulfonamides is 1. The minimum absolute atomic E-state index is 0.154. The van der Waals surface area contributed by atoms with Gasteiger partial charge < -0.3 is 9.88 Å². The largest absolute Gasteiger partial charge is 0.350 e. The van der Waals surface area contributed by atoms with Crippen LogP contribution in [0.25, 0.3) is 10.9 Å². The van der Waals surface area contributed by atoms with Gasteiger partial charge in [0.2, 0.25) is 15.9 Å². The molecule has 3 rings (SSSR count). The van der Waals surface area contributed by atoms with E-state index in [0.29, 0.717) is 5.69 Å². The maximum atomic E-state index is 12.5. The van der Waals surface area contributed by atoms with Crippen molar-refractivity contribution < 1.29 is 13.2 Å². The lowest BCUT2D eigenvalue weighted by Gasteiger charge is -2.08. The van der Waals surface area contributed by atoms with Gasteiger partial charge in [0.15, 0.2) is 0 Å². The minimum Gasteiger partial charge on any atom is -0.350 e. The van der Waals surface area contributed by atoms with Gasteiger partial charge >= 0.3 is 0 Å². The van der Waals surface area contributed by atoms with Crippen molar-refractivity contribution in [1.29, 1.82) is 0 Å². The zero-order valence-corrected chi connectivity index (χ0v) is 14.8. The van der Waals surface area contributed by atoms with Crippen LogP contribution in [0.15, 0.2) is 59.6 Å². The third kappa shape index (κ3) is 3.72. The average Bonchev–Trinajstić information content (AvgIpc) is 2.90. The Kier molecular flexibility index (Phi) is 4.61. The Labute approximate surface area is 146 Å². The van der Waals surface area contributed by atoms with Crippen molar-refractivity contribution in [2.24, 2.45) is 7.05 Å². The molecule has 25 heavy (non-hydrogen) atoms.